The third-order valence-corrected chi connectivity index (χ3v) is 4.12. The Kier molecular flexibility index (Phi) is 5.22. The predicted octanol–water partition coefficient (Wildman–Crippen LogP) is 3.60. The van der Waals surface area contributed by atoms with Gasteiger partial charge in [0, 0.05) is 19.1 Å². The second-order valence-electron chi connectivity index (χ2n) is 5.94. The van der Waals surface area contributed by atoms with Crippen LogP contribution in [0.25, 0.3) is 11.5 Å². The number of nitrogens with one attached hydrogen (secondary N) is 1. The van der Waals surface area contributed by atoms with Gasteiger partial charge in [0.2, 0.25) is 0 Å². The van der Waals surface area contributed by atoms with Gasteiger partial charge in [-0.1, -0.05) is 0 Å². The number of anilines is 1. The molecule has 1 saturated heterocycles. The number of alkyl halides is 4. The fourth-order valence-electron chi connectivity index (χ4n) is 2.95. The molecule has 3 heterocycles. The van der Waals surface area contributed by atoms with Crippen molar-refractivity contribution in [1.82, 2.24) is 15.1 Å². The standard InChI is InChI=1S/C16H18F4N4O/c17-5-7-24-6-1-3-11(10-24)21-15-12(16(18,19)20)9-13(22-23-15)14-4-2-8-25-14/h2,4,8-9,11H,1,3,5-7,10H2,(H,21,23). The number of furan rings is 1. The molecule has 0 amide bonds. The van der Waals surface area contributed by atoms with Gasteiger partial charge in [-0.2, -0.15) is 13.2 Å². The molecule has 1 unspecified atom stereocenters. The average molecular weight is 358 g/mol. The van der Waals surface area contributed by atoms with Gasteiger partial charge in [0.15, 0.2) is 11.6 Å². The number of likely N-dealkylation sites (tertiary alicyclic amines) is 1. The maximum atomic E-state index is 13.4. The molecule has 0 bridgehead atoms. The molecule has 0 aliphatic carbocycles. The molecule has 25 heavy (non-hydrogen) atoms. The predicted molar refractivity (Wildman–Crippen MR) is 83.8 cm³/mol. The van der Waals surface area contributed by atoms with Crippen LogP contribution >= 0.6 is 0 Å². The zero-order valence-corrected chi connectivity index (χ0v) is 13.4. The molecular formula is C16H18F4N4O. The summed E-state index contributed by atoms with van der Waals surface area (Å²) in [5.41, 5.74) is -0.873. The lowest BCUT2D eigenvalue weighted by atomic mass is 10.1. The molecule has 2 aromatic heterocycles. The van der Waals surface area contributed by atoms with Gasteiger partial charge in [-0.3, -0.25) is 4.90 Å². The summed E-state index contributed by atoms with van der Waals surface area (Å²) in [5, 5.41) is 10.4. The summed E-state index contributed by atoms with van der Waals surface area (Å²) in [6.45, 7) is 1.03. The van der Waals surface area contributed by atoms with Crippen LogP contribution < -0.4 is 5.32 Å². The normalized spacial score (nSPS) is 19.1. The molecule has 2 aromatic rings. The molecule has 1 N–H and O–H groups in total. The maximum Gasteiger partial charge on any atom is 0.420 e. The quantitative estimate of drug-likeness (QED) is 0.828. The van der Waals surface area contributed by atoms with Crippen molar-refractivity contribution in [2.24, 2.45) is 0 Å². The average Bonchev–Trinajstić information content (AvgIpc) is 3.09. The van der Waals surface area contributed by atoms with E-state index < -0.39 is 18.4 Å². The van der Waals surface area contributed by atoms with Crippen molar-refractivity contribution >= 4 is 5.82 Å². The van der Waals surface area contributed by atoms with E-state index in [9.17, 15) is 17.6 Å². The van der Waals surface area contributed by atoms with E-state index in [1.807, 2.05) is 4.90 Å². The number of nitrogens with zero attached hydrogens (tertiary/aromatic N) is 3. The minimum absolute atomic E-state index is 0.0191. The van der Waals surface area contributed by atoms with Crippen molar-refractivity contribution in [3.8, 4) is 11.5 Å². The van der Waals surface area contributed by atoms with Crippen molar-refractivity contribution in [3.05, 3.63) is 30.0 Å². The summed E-state index contributed by atoms with van der Waals surface area (Å²) < 4.78 is 57.8. The van der Waals surface area contributed by atoms with Gasteiger partial charge in [-0.15, -0.1) is 10.2 Å². The maximum absolute atomic E-state index is 13.4. The lowest BCUT2D eigenvalue weighted by Crippen LogP contribution is -2.43. The van der Waals surface area contributed by atoms with Crippen LogP contribution in [0.15, 0.2) is 28.9 Å². The molecule has 1 aliphatic rings. The summed E-state index contributed by atoms with van der Waals surface area (Å²) in [7, 11) is 0. The first kappa shape index (κ1) is 17.7. The second-order valence-corrected chi connectivity index (χ2v) is 5.94. The first-order valence-corrected chi connectivity index (χ1v) is 8.01. The van der Waals surface area contributed by atoms with Crippen molar-refractivity contribution in [3.63, 3.8) is 0 Å². The minimum Gasteiger partial charge on any atom is -0.463 e. The summed E-state index contributed by atoms with van der Waals surface area (Å²) in [4.78, 5) is 1.89. The molecule has 1 fully saturated rings. The molecule has 9 heteroatoms. The molecule has 1 atom stereocenters. The Balaban J connectivity index is 1.83. The Bertz CT molecular complexity index is 688. The van der Waals surface area contributed by atoms with Crippen LogP contribution in [0.3, 0.4) is 0 Å². The minimum atomic E-state index is -4.58. The number of halogens is 4. The Hall–Kier alpha value is -2.16. The fraction of sp³-hybridized carbons (Fsp3) is 0.500. The van der Waals surface area contributed by atoms with Gasteiger partial charge >= 0.3 is 6.18 Å². The van der Waals surface area contributed by atoms with E-state index in [1.54, 1.807) is 6.07 Å². The number of hydrogen-bond donors (Lipinski definition) is 1. The first-order chi connectivity index (χ1) is 12.0. The molecular weight excluding hydrogens is 340 g/mol. The molecule has 0 aromatic carbocycles. The Labute approximate surface area is 142 Å². The number of piperidine rings is 1. The highest BCUT2D eigenvalue weighted by Gasteiger charge is 2.36. The van der Waals surface area contributed by atoms with E-state index in [-0.39, 0.29) is 29.9 Å². The highest BCUT2D eigenvalue weighted by molar-refractivity contribution is 5.57. The Morgan fingerprint density at radius 1 is 1.32 bits per heavy atom. The van der Waals surface area contributed by atoms with Gasteiger partial charge in [0.05, 0.1) is 6.26 Å². The largest absolute Gasteiger partial charge is 0.463 e. The van der Waals surface area contributed by atoms with Crippen LogP contribution in [0.1, 0.15) is 18.4 Å². The van der Waals surface area contributed by atoms with Gasteiger partial charge in [-0.25, -0.2) is 4.39 Å². The monoisotopic (exact) mass is 358 g/mol. The van der Waals surface area contributed by atoms with Crippen LogP contribution in [0.4, 0.5) is 23.4 Å². The van der Waals surface area contributed by atoms with Gasteiger partial charge in [0.1, 0.15) is 17.9 Å². The molecule has 3 rings (SSSR count). The molecule has 0 saturated carbocycles. The van der Waals surface area contributed by atoms with Crippen molar-refractivity contribution in [2.75, 3.05) is 31.6 Å². The number of rotatable bonds is 5. The van der Waals surface area contributed by atoms with Crippen LogP contribution in [-0.2, 0) is 6.18 Å². The third-order valence-electron chi connectivity index (χ3n) is 4.12. The van der Waals surface area contributed by atoms with E-state index in [0.29, 0.717) is 13.0 Å². The van der Waals surface area contributed by atoms with Crippen molar-refractivity contribution in [1.29, 1.82) is 0 Å². The highest BCUT2D eigenvalue weighted by atomic mass is 19.4. The Morgan fingerprint density at radius 3 is 2.84 bits per heavy atom. The van der Waals surface area contributed by atoms with Crippen LogP contribution in [0.2, 0.25) is 0 Å². The molecule has 136 valence electrons. The van der Waals surface area contributed by atoms with Gasteiger partial charge in [0.25, 0.3) is 0 Å². The van der Waals surface area contributed by atoms with E-state index in [1.165, 1.54) is 12.3 Å². The smallest absolute Gasteiger partial charge is 0.420 e. The van der Waals surface area contributed by atoms with Crippen molar-refractivity contribution < 1.29 is 22.0 Å². The summed E-state index contributed by atoms with van der Waals surface area (Å²) in [6, 6.07) is 3.78. The van der Waals surface area contributed by atoms with Crippen LogP contribution in [0, 0.1) is 0 Å². The van der Waals surface area contributed by atoms with E-state index in [2.05, 4.69) is 15.5 Å². The highest BCUT2D eigenvalue weighted by Crippen LogP contribution is 2.36. The molecule has 1 aliphatic heterocycles. The number of hydrogen-bond acceptors (Lipinski definition) is 5. The van der Waals surface area contributed by atoms with Gasteiger partial charge < -0.3 is 9.73 Å². The number of aromatic nitrogens is 2. The van der Waals surface area contributed by atoms with Gasteiger partial charge in [-0.05, 0) is 37.6 Å². The SMILES string of the molecule is FCCN1CCCC(Nc2nnc(-c3ccco3)cc2C(F)(F)F)C1. The lowest BCUT2D eigenvalue weighted by molar-refractivity contribution is -0.137. The van der Waals surface area contributed by atoms with Crippen LogP contribution in [-0.4, -0.2) is 47.4 Å². The molecule has 5 nitrogen and oxygen atoms in total. The summed E-state index contributed by atoms with van der Waals surface area (Å²) in [6.07, 6.45) is -1.73. The topological polar surface area (TPSA) is 54.2 Å². The van der Waals surface area contributed by atoms with E-state index in [0.717, 1.165) is 19.0 Å². The summed E-state index contributed by atoms with van der Waals surface area (Å²) in [5.74, 6) is -0.0914. The Morgan fingerprint density at radius 2 is 2.16 bits per heavy atom. The fourth-order valence-corrected chi connectivity index (χ4v) is 2.95. The van der Waals surface area contributed by atoms with Crippen molar-refractivity contribution in [2.45, 2.75) is 25.1 Å². The molecule has 0 radical (unpaired) electrons. The molecule has 0 spiro atoms. The van der Waals surface area contributed by atoms with Crippen LogP contribution in [0.5, 0.6) is 0 Å². The van der Waals surface area contributed by atoms with E-state index in [4.69, 9.17) is 4.42 Å². The first-order valence-electron chi connectivity index (χ1n) is 8.01. The third kappa shape index (κ3) is 4.28. The lowest BCUT2D eigenvalue weighted by Gasteiger charge is -2.33. The second kappa shape index (κ2) is 7.38. The van der Waals surface area contributed by atoms with E-state index >= 15 is 0 Å². The zero-order chi connectivity index (χ0) is 17.9. The summed E-state index contributed by atoms with van der Waals surface area (Å²) >= 11 is 0. The zero-order valence-electron chi connectivity index (χ0n) is 13.4.